The summed E-state index contributed by atoms with van der Waals surface area (Å²) in [7, 11) is 0. The van der Waals surface area contributed by atoms with E-state index in [0.29, 0.717) is 34.3 Å². The van der Waals surface area contributed by atoms with E-state index >= 15 is 0 Å². The van der Waals surface area contributed by atoms with Crippen LogP contribution in [0.25, 0.3) is 10.9 Å². The zero-order valence-electron chi connectivity index (χ0n) is 16.3. The van der Waals surface area contributed by atoms with Gasteiger partial charge in [0.2, 0.25) is 5.88 Å². The van der Waals surface area contributed by atoms with Gasteiger partial charge >= 0.3 is 6.18 Å². The number of aromatic nitrogens is 4. The van der Waals surface area contributed by atoms with Crippen LogP contribution in [0.15, 0.2) is 24.5 Å². The van der Waals surface area contributed by atoms with Crippen LogP contribution < -0.4 is 10.1 Å². The highest BCUT2D eigenvalue weighted by Gasteiger charge is 2.29. The zero-order valence-corrected chi connectivity index (χ0v) is 16.3. The SMILES string of the molecule is Cc1cc2nn(Cc3cnc(OCC(F)(F)F)c(C)c3)cc2c(C(=O)NCCO)n1. The number of halogens is 3. The van der Waals surface area contributed by atoms with Crippen molar-refractivity contribution in [2.24, 2.45) is 0 Å². The Morgan fingerprint density at radius 2 is 2.07 bits per heavy atom. The van der Waals surface area contributed by atoms with Gasteiger partial charge in [0.1, 0.15) is 5.69 Å². The second-order valence-electron chi connectivity index (χ2n) is 6.72. The van der Waals surface area contributed by atoms with Gasteiger partial charge in [0.25, 0.3) is 5.91 Å². The van der Waals surface area contributed by atoms with Gasteiger partial charge in [-0.3, -0.25) is 9.48 Å². The summed E-state index contributed by atoms with van der Waals surface area (Å²) in [4.78, 5) is 20.6. The minimum absolute atomic E-state index is 0.0793. The van der Waals surface area contributed by atoms with Gasteiger partial charge in [0.05, 0.1) is 24.1 Å². The number of carbonyl (C=O) groups is 1. The number of nitrogens with zero attached hydrogens (tertiary/aromatic N) is 4. The molecule has 3 rings (SSSR count). The fraction of sp³-hybridized carbons (Fsp3) is 0.368. The van der Waals surface area contributed by atoms with E-state index in [0.717, 1.165) is 0 Å². The van der Waals surface area contributed by atoms with Crippen LogP contribution in [-0.2, 0) is 6.54 Å². The molecular formula is C19H20F3N5O3. The number of aliphatic hydroxyl groups is 1. The molecule has 0 aliphatic carbocycles. The standard InChI is InChI=1S/C19H20F3N5O3/c1-11-5-13(7-24-18(11)30-10-19(20,21)22)8-27-9-14-15(26-27)6-12(2)25-16(14)17(29)23-3-4-28/h5-7,9,28H,3-4,8,10H2,1-2H3,(H,23,29). The van der Waals surface area contributed by atoms with Gasteiger partial charge < -0.3 is 15.2 Å². The Hall–Kier alpha value is -3.21. The number of ether oxygens (including phenoxy) is 1. The van der Waals surface area contributed by atoms with Crippen molar-refractivity contribution in [3.05, 3.63) is 47.0 Å². The zero-order chi connectivity index (χ0) is 21.9. The van der Waals surface area contributed by atoms with Crippen molar-refractivity contribution in [1.82, 2.24) is 25.1 Å². The van der Waals surface area contributed by atoms with Crippen LogP contribution in [0.4, 0.5) is 13.2 Å². The van der Waals surface area contributed by atoms with E-state index in [1.54, 1.807) is 36.9 Å². The van der Waals surface area contributed by atoms with Crippen LogP contribution in [0.1, 0.15) is 27.3 Å². The van der Waals surface area contributed by atoms with Crippen LogP contribution in [0.2, 0.25) is 0 Å². The number of pyridine rings is 2. The lowest BCUT2D eigenvalue weighted by atomic mass is 10.2. The maximum atomic E-state index is 12.3. The number of carbonyl (C=O) groups excluding carboxylic acids is 1. The first kappa shape index (κ1) is 21.5. The van der Waals surface area contributed by atoms with Crippen LogP contribution >= 0.6 is 0 Å². The molecule has 0 aliphatic heterocycles. The second-order valence-corrected chi connectivity index (χ2v) is 6.72. The van der Waals surface area contributed by atoms with E-state index in [9.17, 15) is 18.0 Å². The van der Waals surface area contributed by atoms with Crippen molar-refractivity contribution in [3.8, 4) is 5.88 Å². The van der Waals surface area contributed by atoms with Crippen LogP contribution in [0.3, 0.4) is 0 Å². The highest BCUT2D eigenvalue weighted by molar-refractivity contribution is 6.04. The van der Waals surface area contributed by atoms with Crippen molar-refractivity contribution in [1.29, 1.82) is 0 Å². The quantitative estimate of drug-likeness (QED) is 0.604. The molecule has 3 aromatic rings. The molecule has 1 amide bonds. The van der Waals surface area contributed by atoms with Gasteiger partial charge in [-0.25, -0.2) is 9.97 Å². The van der Waals surface area contributed by atoms with Crippen LogP contribution in [-0.4, -0.2) is 56.7 Å². The van der Waals surface area contributed by atoms with Crippen molar-refractivity contribution in [2.45, 2.75) is 26.6 Å². The predicted molar refractivity (Wildman–Crippen MR) is 101 cm³/mol. The van der Waals surface area contributed by atoms with Crippen LogP contribution in [0, 0.1) is 13.8 Å². The lowest BCUT2D eigenvalue weighted by molar-refractivity contribution is -0.154. The molecular weight excluding hydrogens is 403 g/mol. The molecule has 0 aromatic carbocycles. The Kier molecular flexibility index (Phi) is 6.20. The summed E-state index contributed by atoms with van der Waals surface area (Å²) < 4.78 is 43.3. The smallest absolute Gasteiger partial charge is 0.422 e. The maximum absolute atomic E-state index is 12.3. The number of hydrogen-bond acceptors (Lipinski definition) is 6. The van der Waals surface area contributed by atoms with Gasteiger partial charge in [0.15, 0.2) is 6.61 Å². The minimum Gasteiger partial charge on any atom is -0.468 e. The Morgan fingerprint density at radius 1 is 1.30 bits per heavy atom. The van der Waals surface area contributed by atoms with Gasteiger partial charge in [-0.05, 0) is 31.5 Å². The fourth-order valence-corrected chi connectivity index (χ4v) is 2.89. The number of alkyl halides is 3. The van der Waals surface area contributed by atoms with Crippen molar-refractivity contribution in [2.75, 3.05) is 19.8 Å². The number of rotatable bonds is 7. The van der Waals surface area contributed by atoms with Crippen molar-refractivity contribution in [3.63, 3.8) is 0 Å². The number of nitrogens with one attached hydrogen (secondary N) is 1. The molecule has 2 N–H and O–H groups in total. The first-order valence-corrected chi connectivity index (χ1v) is 9.05. The van der Waals surface area contributed by atoms with E-state index in [1.807, 2.05) is 0 Å². The fourth-order valence-electron chi connectivity index (χ4n) is 2.89. The molecule has 160 valence electrons. The molecule has 0 atom stereocenters. The summed E-state index contributed by atoms with van der Waals surface area (Å²) in [5.74, 6) is -0.495. The average molecular weight is 423 g/mol. The number of aryl methyl sites for hydroxylation is 2. The Morgan fingerprint density at radius 3 is 2.73 bits per heavy atom. The van der Waals surface area contributed by atoms with Gasteiger partial charge in [-0.15, -0.1) is 0 Å². The Labute approximate surface area is 169 Å². The highest BCUT2D eigenvalue weighted by Crippen LogP contribution is 2.22. The molecule has 0 saturated carbocycles. The van der Waals surface area contributed by atoms with Gasteiger partial charge in [0, 0.05) is 30.2 Å². The monoisotopic (exact) mass is 423 g/mol. The molecule has 30 heavy (non-hydrogen) atoms. The summed E-state index contributed by atoms with van der Waals surface area (Å²) in [6, 6.07) is 3.41. The van der Waals surface area contributed by atoms with E-state index in [-0.39, 0.29) is 24.7 Å². The van der Waals surface area contributed by atoms with E-state index in [4.69, 9.17) is 9.84 Å². The highest BCUT2D eigenvalue weighted by atomic mass is 19.4. The minimum atomic E-state index is -4.44. The molecule has 0 fully saturated rings. The third-order valence-electron chi connectivity index (χ3n) is 4.10. The second kappa shape index (κ2) is 8.66. The van der Waals surface area contributed by atoms with Crippen molar-refractivity contribution < 1.29 is 27.8 Å². The maximum Gasteiger partial charge on any atom is 0.422 e. The molecule has 3 aromatic heterocycles. The number of fused-ring (bicyclic) bond motifs is 1. The number of hydrogen-bond donors (Lipinski definition) is 2. The summed E-state index contributed by atoms with van der Waals surface area (Å²) >= 11 is 0. The lowest BCUT2D eigenvalue weighted by Gasteiger charge is -2.11. The average Bonchev–Trinajstić information content (AvgIpc) is 3.05. The Bertz CT molecular complexity index is 1070. The molecule has 8 nitrogen and oxygen atoms in total. The van der Waals surface area contributed by atoms with Crippen molar-refractivity contribution >= 4 is 16.8 Å². The molecule has 0 spiro atoms. The summed E-state index contributed by atoms with van der Waals surface area (Å²) in [5.41, 5.74) is 2.57. The first-order chi connectivity index (χ1) is 14.2. The molecule has 11 heteroatoms. The van der Waals surface area contributed by atoms with E-state index < -0.39 is 18.7 Å². The largest absolute Gasteiger partial charge is 0.468 e. The lowest BCUT2D eigenvalue weighted by Crippen LogP contribution is -2.27. The van der Waals surface area contributed by atoms with E-state index in [2.05, 4.69) is 20.4 Å². The summed E-state index contributed by atoms with van der Waals surface area (Å²) in [6.07, 6.45) is -1.35. The predicted octanol–water partition coefficient (Wildman–Crippen LogP) is 2.15. The first-order valence-electron chi connectivity index (χ1n) is 9.05. The molecule has 0 unspecified atom stereocenters. The number of aliphatic hydroxyl groups excluding tert-OH is 1. The Balaban J connectivity index is 1.82. The third-order valence-corrected chi connectivity index (χ3v) is 4.10. The normalized spacial score (nSPS) is 11.7. The van der Waals surface area contributed by atoms with E-state index in [1.165, 1.54) is 6.20 Å². The molecule has 0 saturated heterocycles. The number of amides is 1. The summed E-state index contributed by atoms with van der Waals surface area (Å²) in [6.45, 7) is 2.16. The molecule has 0 bridgehead atoms. The molecule has 0 radical (unpaired) electrons. The molecule has 3 heterocycles. The summed E-state index contributed by atoms with van der Waals surface area (Å²) in [5, 5.41) is 16.5. The van der Waals surface area contributed by atoms with Gasteiger partial charge in [-0.1, -0.05) is 0 Å². The van der Waals surface area contributed by atoms with Gasteiger partial charge in [-0.2, -0.15) is 18.3 Å². The molecule has 0 aliphatic rings. The third kappa shape index (κ3) is 5.23. The van der Waals surface area contributed by atoms with Crippen LogP contribution in [0.5, 0.6) is 5.88 Å². The topological polar surface area (TPSA) is 102 Å².